The third-order valence-electron chi connectivity index (χ3n) is 4.03. The van der Waals surface area contributed by atoms with Crippen molar-refractivity contribution in [3.8, 4) is 9.88 Å². The molecule has 0 radical (unpaired) electrons. The number of carboxylic acids is 1. The number of amides is 1. The van der Waals surface area contributed by atoms with E-state index in [0.717, 1.165) is 29.1 Å². The van der Waals surface area contributed by atoms with Gasteiger partial charge >= 0.3 is 5.97 Å². The Morgan fingerprint density at radius 2 is 2.26 bits per heavy atom. The van der Waals surface area contributed by atoms with Gasteiger partial charge in [-0.15, -0.1) is 22.7 Å². The second kappa shape index (κ2) is 7.23. The summed E-state index contributed by atoms with van der Waals surface area (Å²) in [6, 6.07) is 3.99. The summed E-state index contributed by atoms with van der Waals surface area (Å²) in [7, 11) is 0. The van der Waals surface area contributed by atoms with Crippen molar-refractivity contribution >= 4 is 34.6 Å². The Morgan fingerprint density at radius 3 is 3.00 bits per heavy atom. The van der Waals surface area contributed by atoms with Crippen molar-refractivity contribution in [1.82, 2.24) is 9.88 Å². The van der Waals surface area contributed by atoms with E-state index in [1.807, 2.05) is 22.4 Å². The zero-order chi connectivity index (χ0) is 16.2. The Balaban J connectivity index is 1.73. The van der Waals surface area contributed by atoms with Crippen molar-refractivity contribution in [3.63, 3.8) is 0 Å². The SMILES string of the molecule is O=C(O)CC[C@H]1CCCCN1C(=O)c1cnc(-c2cccs2)s1. The number of piperidine rings is 1. The van der Waals surface area contributed by atoms with Crippen LogP contribution in [0, 0.1) is 0 Å². The fraction of sp³-hybridized carbons (Fsp3) is 0.438. The number of carbonyl (C=O) groups excluding carboxylic acids is 1. The minimum atomic E-state index is -0.805. The van der Waals surface area contributed by atoms with E-state index in [-0.39, 0.29) is 18.4 Å². The molecule has 0 unspecified atom stereocenters. The lowest BCUT2D eigenvalue weighted by Crippen LogP contribution is -2.43. The van der Waals surface area contributed by atoms with Crippen molar-refractivity contribution in [2.75, 3.05) is 6.54 Å². The highest BCUT2D eigenvalue weighted by molar-refractivity contribution is 7.21. The monoisotopic (exact) mass is 350 g/mol. The fourth-order valence-corrected chi connectivity index (χ4v) is 4.56. The molecular weight excluding hydrogens is 332 g/mol. The Morgan fingerprint density at radius 1 is 1.39 bits per heavy atom. The molecule has 23 heavy (non-hydrogen) atoms. The van der Waals surface area contributed by atoms with Gasteiger partial charge in [0.15, 0.2) is 0 Å². The van der Waals surface area contributed by atoms with Gasteiger partial charge in [0.2, 0.25) is 0 Å². The average molecular weight is 350 g/mol. The van der Waals surface area contributed by atoms with Gasteiger partial charge in [0, 0.05) is 19.0 Å². The molecule has 3 heterocycles. The summed E-state index contributed by atoms with van der Waals surface area (Å²) < 4.78 is 0. The van der Waals surface area contributed by atoms with E-state index in [4.69, 9.17) is 5.11 Å². The van der Waals surface area contributed by atoms with E-state index in [2.05, 4.69) is 4.98 Å². The van der Waals surface area contributed by atoms with Crippen molar-refractivity contribution < 1.29 is 14.7 Å². The molecule has 3 rings (SSSR count). The number of carbonyl (C=O) groups is 2. The normalized spacial score (nSPS) is 18.1. The summed E-state index contributed by atoms with van der Waals surface area (Å²) in [5.74, 6) is -0.818. The van der Waals surface area contributed by atoms with Crippen LogP contribution in [0.25, 0.3) is 9.88 Å². The van der Waals surface area contributed by atoms with Gasteiger partial charge < -0.3 is 10.0 Å². The number of aromatic nitrogens is 1. The van der Waals surface area contributed by atoms with Crippen LogP contribution in [0.3, 0.4) is 0 Å². The van der Waals surface area contributed by atoms with E-state index >= 15 is 0 Å². The first-order valence-corrected chi connectivity index (χ1v) is 9.37. The largest absolute Gasteiger partial charge is 0.481 e. The van der Waals surface area contributed by atoms with Crippen molar-refractivity contribution in [2.24, 2.45) is 0 Å². The zero-order valence-corrected chi connectivity index (χ0v) is 14.2. The second-order valence-corrected chi connectivity index (χ2v) is 7.57. The predicted octanol–water partition coefficient (Wildman–Crippen LogP) is 3.73. The summed E-state index contributed by atoms with van der Waals surface area (Å²) in [5, 5.41) is 11.7. The van der Waals surface area contributed by atoms with E-state index in [1.54, 1.807) is 17.5 Å². The van der Waals surface area contributed by atoms with Gasteiger partial charge in [-0.3, -0.25) is 9.59 Å². The molecule has 0 aliphatic carbocycles. The summed E-state index contributed by atoms with van der Waals surface area (Å²) in [5.41, 5.74) is 0. The first-order chi connectivity index (χ1) is 11.1. The highest BCUT2D eigenvalue weighted by atomic mass is 32.1. The highest BCUT2D eigenvalue weighted by Gasteiger charge is 2.29. The smallest absolute Gasteiger partial charge is 0.303 e. The number of hydrogen-bond acceptors (Lipinski definition) is 5. The molecule has 1 N–H and O–H groups in total. The number of thiazole rings is 1. The van der Waals surface area contributed by atoms with Crippen LogP contribution in [0.5, 0.6) is 0 Å². The van der Waals surface area contributed by atoms with Crippen LogP contribution in [0.2, 0.25) is 0 Å². The van der Waals surface area contributed by atoms with Crippen LogP contribution < -0.4 is 0 Å². The molecule has 2 aromatic heterocycles. The highest BCUT2D eigenvalue weighted by Crippen LogP contribution is 2.31. The number of likely N-dealkylation sites (tertiary alicyclic amines) is 1. The molecule has 122 valence electrons. The maximum atomic E-state index is 12.8. The number of thiophene rings is 1. The Hall–Kier alpha value is -1.73. The molecule has 1 atom stereocenters. The van der Waals surface area contributed by atoms with Gasteiger partial charge in [0.05, 0.1) is 11.1 Å². The quantitative estimate of drug-likeness (QED) is 0.892. The minimum Gasteiger partial charge on any atom is -0.481 e. The maximum absolute atomic E-state index is 12.8. The van der Waals surface area contributed by atoms with Gasteiger partial charge in [0.1, 0.15) is 9.88 Å². The molecule has 0 aromatic carbocycles. The topological polar surface area (TPSA) is 70.5 Å². The first kappa shape index (κ1) is 16.1. The third kappa shape index (κ3) is 3.79. The van der Waals surface area contributed by atoms with E-state index < -0.39 is 5.97 Å². The molecule has 1 aliphatic rings. The lowest BCUT2D eigenvalue weighted by Gasteiger charge is -2.35. The van der Waals surface area contributed by atoms with Crippen LogP contribution >= 0.6 is 22.7 Å². The minimum absolute atomic E-state index is 0.0135. The number of rotatable bonds is 5. The second-order valence-electron chi connectivity index (χ2n) is 5.59. The molecule has 0 bridgehead atoms. The molecular formula is C16H18N2O3S2. The molecule has 1 fully saturated rings. The molecule has 5 nitrogen and oxygen atoms in total. The van der Waals surface area contributed by atoms with Crippen LogP contribution in [-0.2, 0) is 4.79 Å². The van der Waals surface area contributed by atoms with Crippen LogP contribution in [0.1, 0.15) is 41.8 Å². The molecule has 7 heteroatoms. The Labute approximate surface area is 142 Å². The molecule has 2 aromatic rings. The molecule has 1 amide bonds. The summed E-state index contributed by atoms with van der Waals surface area (Å²) in [6.07, 6.45) is 5.19. The van der Waals surface area contributed by atoms with Crippen LogP contribution in [0.4, 0.5) is 0 Å². The van der Waals surface area contributed by atoms with Gasteiger partial charge in [0.25, 0.3) is 5.91 Å². The van der Waals surface area contributed by atoms with Gasteiger partial charge in [-0.2, -0.15) is 0 Å². The lowest BCUT2D eigenvalue weighted by atomic mass is 9.97. The van der Waals surface area contributed by atoms with E-state index in [1.165, 1.54) is 11.3 Å². The number of nitrogens with zero attached hydrogens (tertiary/aromatic N) is 2. The Kier molecular flexibility index (Phi) is 5.07. The van der Waals surface area contributed by atoms with E-state index in [9.17, 15) is 9.59 Å². The molecule has 0 saturated carbocycles. The molecule has 0 spiro atoms. The van der Waals surface area contributed by atoms with Crippen LogP contribution in [-0.4, -0.2) is 39.5 Å². The summed E-state index contributed by atoms with van der Waals surface area (Å²) in [6.45, 7) is 0.704. The average Bonchev–Trinajstić information content (AvgIpc) is 3.23. The lowest BCUT2D eigenvalue weighted by molar-refractivity contribution is -0.137. The van der Waals surface area contributed by atoms with Gasteiger partial charge in [-0.05, 0) is 37.1 Å². The standard InChI is InChI=1S/C16H18N2O3S2/c19-14(20)7-6-11-4-1-2-8-18(11)16(21)13-10-17-15(23-13)12-5-3-9-22-12/h3,5,9-11H,1-2,4,6-8H2,(H,19,20)/t11-/m1/s1. The predicted molar refractivity (Wildman–Crippen MR) is 91.0 cm³/mol. The van der Waals surface area contributed by atoms with Crippen molar-refractivity contribution in [3.05, 3.63) is 28.6 Å². The maximum Gasteiger partial charge on any atom is 0.303 e. The molecule has 1 saturated heterocycles. The van der Waals surface area contributed by atoms with Gasteiger partial charge in [-0.25, -0.2) is 4.98 Å². The Bertz CT molecular complexity index is 681. The third-order valence-corrected chi connectivity index (χ3v) is 6.05. The summed E-state index contributed by atoms with van der Waals surface area (Å²) >= 11 is 3.02. The zero-order valence-electron chi connectivity index (χ0n) is 12.6. The van der Waals surface area contributed by atoms with Crippen molar-refractivity contribution in [2.45, 2.75) is 38.1 Å². The first-order valence-electron chi connectivity index (χ1n) is 7.67. The van der Waals surface area contributed by atoms with Gasteiger partial charge in [-0.1, -0.05) is 6.07 Å². The number of aliphatic carboxylic acids is 1. The van der Waals surface area contributed by atoms with Crippen molar-refractivity contribution in [1.29, 1.82) is 0 Å². The summed E-state index contributed by atoms with van der Waals surface area (Å²) in [4.78, 5) is 31.5. The fourth-order valence-electron chi connectivity index (χ4n) is 2.89. The van der Waals surface area contributed by atoms with Crippen LogP contribution in [0.15, 0.2) is 23.7 Å². The van der Waals surface area contributed by atoms with E-state index in [0.29, 0.717) is 17.8 Å². The number of hydrogen-bond donors (Lipinski definition) is 1. The number of carboxylic acid groups (broad SMARTS) is 1. The molecule has 1 aliphatic heterocycles.